The molecule has 0 unspecified atom stereocenters. The molecule has 0 bridgehead atoms. The summed E-state index contributed by atoms with van der Waals surface area (Å²) < 4.78 is 27.8. The molecular formula is C21H24N4O4S. The van der Waals surface area contributed by atoms with Gasteiger partial charge in [0.1, 0.15) is 0 Å². The van der Waals surface area contributed by atoms with E-state index in [0.717, 1.165) is 23.3 Å². The van der Waals surface area contributed by atoms with Gasteiger partial charge >= 0.3 is 0 Å². The number of nitrogens with one attached hydrogen (secondary N) is 3. The number of aromatic nitrogens is 1. The van der Waals surface area contributed by atoms with E-state index in [1.807, 2.05) is 0 Å². The Bertz CT molecular complexity index is 1220. The monoisotopic (exact) mass is 428 g/mol. The Balaban J connectivity index is 1.91. The predicted molar refractivity (Wildman–Crippen MR) is 114 cm³/mol. The molecule has 2 aromatic rings. The molecule has 8 nitrogen and oxygen atoms in total. The van der Waals surface area contributed by atoms with Crippen LogP contribution in [0.25, 0.3) is 11.1 Å². The molecule has 30 heavy (non-hydrogen) atoms. The Kier molecular flexibility index (Phi) is 4.82. The van der Waals surface area contributed by atoms with Crippen molar-refractivity contribution in [2.75, 3.05) is 5.32 Å². The van der Waals surface area contributed by atoms with Gasteiger partial charge in [-0.2, -0.15) is 0 Å². The second kappa shape index (κ2) is 7.10. The van der Waals surface area contributed by atoms with Crippen LogP contribution in [0.3, 0.4) is 0 Å². The molecule has 0 fully saturated rings. The Labute approximate surface area is 175 Å². The molecule has 0 atom stereocenters. The van der Waals surface area contributed by atoms with Crippen molar-refractivity contribution in [3.05, 3.63) is 46.3 Å². The molecule has 158 valence electrons. The van der Waals surface area contributed by atoms with Gasteiger partial charge in [0.15, 0.2) is 0 Å². The van der Waals surface area contributed by atoms with E-state index in [2.05, 4.69) is 15.0 Å². The largest absolute Gasteiger partial charge is 0.366 e. The summed E-state index contributed by atoms with van der Waals surface area (Å²) in [5.41, 5.74) is 10.6. The van der Waals surface area contributed by atoms with Crippen LogP contribution in [0, 0.1) is 6.92 Å². The fraction of sp³-hybridized carbons (Fsp3) is 0.333. The maximum absolute atomic E-state index is 12.9. The molecule has 2 heterocycles. The smallest absolute Gasteiger partial charge is 0.256 e. The minimum Gasteiger partial charge on any atom is -0.366 e. The molecule has 1 aliphatic heterocycles. The first kappa shape index (κ1) is 20.4. The number of amides is 2. The number of H-pyrrole nitrogens is 1. The number of carbonyl (C=O) groups excluding carboxylic acids is 2. The SMILES string of the molecule is Cc1[nH]c2c(c1C(N)=O)CCC/C2=C1/C(=O)Nc2ccc(S(=O)(=O)NC(C)C)cc21. The van der Waals surface area contributed by atoms with Gasteiger partial charge < -0.3 is 16.0 Å². The highest BCUT2D eigenvalue weighted by atomic mass is 32.2. The molecule has 1 aromatic carbocycles. The molecule has 0 saturated carbocycles. The highest BCUT2D eigenvalue weighted by molar-refractivity contribution is 7.89. The Hall–Kier alpha value is -2.91. The van der Waals surface area contributed by atoms with Crippen LogP contribution in [0.4, 0.5) is 5.69 Å². The molecule has 0 saturated heterocycles. The van der Waals surface area contributed by atoms with Crippen molar-refractivity contribution in [3.8, 4) is 0 Å². The van der Waals surface area contributed by atoms with Gasteiger partial charge in [-0.25, -0.2) is 13.1 Å². The fourth-order valence-electron chi connectivity index (χ4n) is 4.33. The van der Waals surface area contributed by atoms with Gasteiger partial charge in [-0.05, 0) is 69.4 Å². The average Bonchev–Trinajstić information content (AvgIpc) is 3.15. The van der Waals surface area contributed by atoms with Crippen molar-refractivity contribution in [3.63, 3.8) is 0 Å². The van der Waals surface area contributed by atoms with Gasteiger partial charge in [-0.1, -0.05) is 0 Å². The van der Waals surface area contributed by atoms with Gasteiger partial charge in [-0.15, -0.1) is 0 Å². The minimum atomic E-state index is -3.71. The summed E-state index contributed by atoms with van der Waals surface area (Å²) in [6.07, 6.45) is 2.09. The number of rotatable bonds is 4. The number of hydrogen-bond donors (Lipinski definition) is 4. The maximum Gasteiger partial charge on any atom is 0.256 e. The van der Waals surface area contributed by atoms with E-state index < -0.39 is 15.9 Å². The minimum absolute atomic E-state index is 0.0982. The summed E-state index contributed by atoms with van der Waals surface area (Å²) in [5.74, 6) is -0.784. The van der Waals surface area contributed by atoms with Gasteiger partial charge in [0.2, 0.25) is 10.0 Å². The summed E-state index contributed by atoms with van der Waals surface area (Å²) in [6.45, 7) is 5.28. The third kappa shape index (κ3) is 3.23. The van der Waals surface area contributed by atoms with Crippen LogP contribution in [0.15, 0.2) is 23.1 Å². The second-order valence-electron chi connectivity index (χ2n) is 7.99. The molecule has 2 amide bonds. The summed E-state index contributed by atoms with van der Waals surface area (Å²) in [5, 5.41) is 2.82. The molecule has 0 radical (unpaired) electrons. The van der Waals surface area contributed by atoms with E-state index in [9.17, 15) is 18.0 Å². The number of hydrogen-bond acceptors (Lipinski definition) is 4. The zero-order valence-electron chi connectivity index (χ0n) is 17.0. The van der Waals surface area contributed by atoms with E-state index in [4.69, 9.17) is 5.73 Å². The van der Waals surface area contributed by atoms with Crippen LogP contribution in [-0.4, -0.2) is 31.3 Å². The van der Waals surface area contributed by atoms with Crippen LogP contribution in [-0.2, 0) is 21.2 Å². The lowest BCUT2D eigenvalue weighted by Gasteiger charge is -2.18. The van der Waals surface area contributed by atoms with Gasteiger partial charge in [-0.3, -0.25) is 9.59 Å². The van der Waals surface area contributed by atoms with Crippen molar-refractivity contribution in [2.45, 2.75) is 51.0 Å². The van der Waals surface area contributed by atoms with Gasteiger partial charge in [0.05, 0.1) is 16.0 Å². The van der Waals surface area contributed by atoms with E-state index >= 15 is 0 Å². The predicted octanol–water partition coefficient (Wildman–Crippen LogP) is 2.31. The Morgan fingerprint density at radius 1 is 1.23 bits per heavy atom. The van der Waals surface area contributed by atoms with Crippen molar-refractivity contribution in [2.24, 2.45) is 5.73 Å². The molecule has 1 aromatic heterocycles. The maximum atomic E-state index is 12.9. The average molecular weight is 429 g/mol. The number of primary amides is 1. The van der Waals surface area contributed by atoms with Crippen molar-refractivity contribution in [1.82, 2.24) is 9.71 Å². The molecule has 4 rings (SSSR count). The number of anilines is 1. The summed E-state index contributed by atoms with van der Waals surface area (Å²) >= 11 is 0. The first-order chi connectivity index (χ1) is 14.1. The number of aromatic amines is 1. The topological polar surface area (TPSA) is 134 Å². The number of allylic oxidation sites excluding steroid dienone is 1. The lowest BCUT2D eigenvalue weighted by Crippen LogP contribution is -2.30. The quantitative estimate of drug-likeness (QED) is 0.556. The standard InChI is InChI=1S/C21H24N4O4S/c1-10(2)25-30(28,29)12-7-8-16-15(9-12)18(21(27)24-16)14-6-4-5-13-17(20(22)26)11(3)23-19(13)14/h7-10,23,25H,4-6H2,1-3H3,(H2,22,26)(H,24,27)/b18-14-. The van der Waals surface area contributed by atoms with E-state index in [1.54, 1.807) is 26.8 Å². The third-order valence-corrected chi connectivity index (χ3v) is 7.09. The van der Waals surface area contributed by atoms with Crippen molar-refractivity contribution < 1.29 is 18.0 Å². The van der Waals surface area contributed by atoms with Crippen molar-refractivity contribution >= 4 is 38.7 Å². The molecular weight excluding hydrogens is 404 g/mol. The number of sulfonamides is 1. The fourth-order valence-corrected chi connectivity index (χ4v) is 5.60. The van der Waals surface area contributed by atoms with E-state index in [-0.39, 0.29) is 16.8 Å². The van der Waals surface area contributed by atoms with Crippen LogP contribution in [0.5, 0.6) is 0 Å². The number of carbonyl (C=O) groups is 2. The molecule has 1 aliphatic carbocycles. The molecule has 2 aliphatic rings. The zero-order valence-corrected chi connectivity index (χ0v) is 17.9. The molecule has 0 spiro atoms. The van der Waals surface area contributed by atoms with Crippen LogP contribution < -0.4 is 15.8 Å². The lowest BCUT2D eigenvalue weighted by molar-refractivity contribution is -0.110. The molecule has 9 heteroatoms. The number of aryl methyl sites for hydroxylation is 1. The first-order valence-corrected chi connectivity index (χ1v) is 11.3. The van der Waals surface area contributed by atoms with Crippen molar-refractivity contribution in [1.29, 1.82) is 0 Å². The Morgan fingerprint density at radius 3 is 2.63 bits per heavy atom. The van der Waals surface area contributed by atoms with Crippen LogP contribution >= 0.6 is 0 Å². The zero-order chi connectivity index (χ0) is 21.8. The summed E-state index contributed by atoms with van der Waals surface area (Å²) in [4.78, 5) is 28.1. The van der Waals surface area contributed by atoms with Crippen LogP contribution in [0.2, 0.25) is 0 Å². The normalized spacial score (nSPS) is 18.3. The van der Waals surface area contributed by atoms with Gasteiger partial charge in [0, 0.05) is 28.7 Å². The second-order valence-corrected chi connectivity index (χ2v) is 9.70. The van der Waals surface area contributed by atoms with E-state index in [0.29, 0.717) is 40.9 Å². The van der Waals surface area contributed by atoms with Gasteiger partial charge in [0.25, 0.3) is 11.8 Å². The Morgan fingerprint density at radius 2 is 1.97 bits per heavy atom. The van der Waals surface area contributed by atoms with E-state index in [1.165, 1.54) is 12.1 Å². The highest BCUT2D eigenvalue weighted by Crippen LogP contribution is 2.43. The number of benzene rings is 1. The number of nitrogens with two attached hydrogens (primary N) is 1. The third-order valence-electron chi connectivity index (χ3n) is 5.43. The summed E-state index contributed by atoms with van der Waals surface area (Å²) in [7, 11) is -3.71. The number of fused-ring (bicyclic) bond motifs is 2. The first-order valence-electron chi connectivity index (χ1n) is 9.83. The lowest BCUT2D eigenvalue weighted by atomic mass is 9.86. The summed E-state index contributed by atoms with van der Waals surface area (Å²) in [6, 6.07) is 4.36. The molecule has 5 N–H and O–H groups in total. The highest BCUT2D eigenvalue weighted by Gasteiger charge is 2.33. The van der Waals surface area contributed by atoms with Crippen LogP contribution in [0.1, 0.15) is 59.6 Å².